The van der Waals surface area contributed by atoms with E-state index in [1.54, 1.807) is 0 Å². The van der Waals surface area contributed by atoms with Crippen molar-refractivity contribution >= 4 is 29.2 Å². The molecule has 0 bridgehead atoms. The summed E-state index contributed by atoms with van der Waals surface area (Å²) >= 11 is 0. The van der Waals surface area contributed by atoms with Crippen LogP contribution in [-0.2, 0) is 20.8 Å². The number of carbonyl (C=O) groups is 3. The molecule has 0 unspecified atom stereocenters. The van der Waals surface area contributed by atoms with Crippen LogP contribution < -0.4 is 10.7 Å². The summed E-state index contributed by atoms with van der Waals surface area (Å²) in [6, 6.07) is 2.25. The maximum absolute atomic E-state index is 12.9. The van der Waals surface area contributed by atoms with Crippen LogP contribution in [0.4, 0.5) is 11.4 Å². The van der Waals surface area contributed by atoms with Gasteiger partial charge in [-0.15, -0.1) is 0 Å². The molecule has 0 aliphatic carbocycles. The van der Waals surface area contributed by atoms with E-state index in [4.69, 9.17) is 5.11 Å². The molecule has 1 amide bonds. The van der Waals surface area contributed by atoms with E-state index in [2.05, 4.69) is 5.32 Å². The molecule has 1 aromatic heterocycles. The van der Waals surface area contributed by atoms with Crippen molar-refractivity contribution in [2.75, 3.05) is 0 Å². The van der Waals surface area contributed by atoms with Crippen LogP contribution in [0, 0.1) is 20.2 Å². The van der Waals surface area contributed by atoms with Crippen molar-refractivity contribution < 1.29 is 39.5 Å². The largest absolute Gasteiger partial charge is 0.508 e. The van der Waals surface area contributed by atoms with Gasteiger partial charge in [0, 0.05) is 12.8 Å². The first-order valence-corrected chi connectivity index (χ1v) is 9.48. The summed E-state index contributed by atoms with van der Waals surface area (Å²) < 4.78 is 0.648. The summed E-state index contributed by atoms with van der Waals surface area (Å²) in [7, 11) is 0. The number of aliphatic carboxylic acids is 2. The zero-order valence-electron chi connectivity index (χ0n) is 17.2. The molecular formula is C19H18N4O11. The molecule has 2 atom stereocenters. The van der Waals surface area contributed by atoms with Crippen molar-refractivity contribution in [3.8, 4) is 5.75 Å². The van der Waals surface area contributed by atoms with Gasteiger partial charge in [0.1, 0.15) is 17.8 Å². The topological polar surface area (TPSA) is 232 Å². The first kappa shape index (κ1) is 25.4. The first-order valence-electron chi connectivity index (χ1n) is 9.48. The number of carbonyl (C=O) groups excluding carboxylic acids is 1. The van der Waals surface area contributed by atoms with Gasteiger partial charge in [0.15, 0.2) is 0 Å². The Bertz CT molecular complexity index is 1150. The number of carboxylic acids is 2. The SMILES string of the molecule is O=C(O)CC[C@H](C(=O)N[C@@H](Cc1ccc(O)cc1)C(=O)O)n1cc([N+](=O)[O-])c(=O)c([N+](=O)[O-])c1. The molecule has 0 aliphatic rings. The molecule has 0 radical (unpaired) electrons. The molecule has 2 rings (SSSR count). The molecule has 4 N–H and O–H groups in total. The van der Waals surface area contributed by atoms with E-state index in [9.17, 15) is 49.6 Å². The normalized spacial score (nSPS) is 12.4. The van der Waals surface area contributed by atoms with Crippen LogP contribution in [0.15, 0.2) is 41.5 Å². The Labute approximate surface area is 189 Å². The number of phenols is 1. The molecule has 15 heteroatoms. The number of hydrogen-bond donors (Lipinski definition) is 4. The highest BCUT2D eigenvalue weighted by atomic mass is 16.6. The molecule has 34 heavy (non-hydrogen) atoms. The zero-order chi connectivity index (χ0) is 25.6. The second-order valence-electron chi connectivity index (χ2n) is 7.04. The zero-order valence-corrected chi connectivity index (χ0v) is 17.2. The lowest BCUT2D eigenvalue weighted by Gasteiger charge is -2.22. The van der Waals surface area contributed by atoms with Gasteiger partial charge < -0.3 is 25.2 Å². The number of aromatic hydroxyl groups is 1. The van der Waals surface area contributed by atoms with E-state index in [1.807, 2.05) is 0 Å². The average molecular weight is 478 g/mol. The number of carboxylic acid groups (broad SMARTS) is 2. The summed E-state index contributed by atoms with van der Waals surface area (Å²) in [5.41, 5.74) is -3.54. The van der Waals surface area contributed by atoms with Crippen LogP contribution >= 0.6 is 0 Å². The van der Waals surface area contributed by atoms with E-state index in [0.717, 1.165) is 0 Å². The molecule has 0 spiro atoms. The molecule has 15 nitrogen and oxygen atoms in total. The number of nitrogens with one attached hydrogen (secondary N) is 1. The summed E-state index contributed by atoms with van der Waals surface area (Å²) in [6.07, 6.45) is -0.308. The van der Waals surface area contributed by atoms with Gasteiger partial charge in [-0.05, 0) is 24.1 Å². The number of amides is 1. The Hall–Kier alpha value is -4.82. The van der Waals surface area contributed by atoms with Crippen molar-refractivity contribution in [3.05, 3.63) is 72.7 Å². The number of hydrogen-bond acceptors (Lipinski definition) is 9. The van der Waals surface area contributed by atoms with Crippen LogP contribution in [0.25, 0.3) is 0 Å². The van der Waals surface area contributed by atoms with Crippen LogP contribution in [0.5, 0.6) is 5.75 Å². The van der Waals surface area contributed by atoms with Gasteiger partial charge in [-0.2, -0.15) is 0 Å². The number of pyridine rings is 1. The Balaban J connectivity index is 2.45. The molecule has 0 fully saturated rings. The van der Waals surface area contributed by atoms with E-state index in [-0.39, 0.29) is 12.2 Å². The molecule has 2 aromatic rings. The third-order valence-electron chi connectivity index (χ3n) is 4.69. The number of aromatic nitrogens is 1. The third kappa shape index (κ3) is 6.35. The number of nitro groups is 2. The minimum absolute atomic E-state index is 0.0743. The van der Waals surface area contributed by atoms with Gasteiger partial charge in [-0.25, -0.2) is 4.79 Å². The average Bonchev–Trinajstić information content (AvgIpc) is 2.74. The molecule has 1 aromatic carbocycles. The van der Waals surface area contributed by atoms with Gasteiger partial charge in [0.25, 0.3) is 0 Å². The fourth-order valence-electron chi connectivity index (χ4n) is 3.02. The maximum Gasteiger partial charge on any atom is 0.339 e. The molecular weight excluding hydrogens is 460 g/mol. The van der Waals surface area contributed by atoms with Crippen LogP contribution in [0.2, 0.25) is 0 Å². The Kier molecular flexibility index (Phi) is 7.98. The Morgan fingerprint density at radius 1 is 1.00 bits per heavy atom. The fraction of sp³-hybridized carbons (Fsp3) is 0.263. The summed E-state index contributed by atoms with van der Waals surface area (Å²) in [5, 5.41) is 52.4. The number of rotatable bonds is 11. The summed E-state index contributed by atoms with van der Waals surface area (Å²) in [4.78, 5) is 67.6. The summed E-state index contributed by atoms with van der Waals surface area (Å²) in [6.45, 7) is 0. The van der Waals surface area contributed by atoms with E-state index < -0.39 is 69.4 Å². The predicted molar refractivity (Wildman–Crippen MR) is 111 cm³/mol. The van der Waals surface area contributed by atoms with Gasteiger partial charge >= 0.3 is 28.7 Å². The molecule has 0 saturated heterocycles. The van der Waals surface area contributed by atoms with Crippen LogP contribution in [0.3, 0.4) is 0 Å². The fourth-order valence-corrected chi connectivity index (χ4v) is 3.02. The van der Waals surface area contributed by atoms with Crippen molar-refractivity contribution in [2.24, 2.45) is 0 Å². The monoisotopic (exact) mass is 478 g/mol. The van der Waals surface area contributed by atoms with Crippen molar-refractivity contribution in [2.45, 2.75) is 31.3 Å². The standard InChI is InChI=1S/C19H18N4O11/c24-11-3-1-10(2-4-11)7-12(19(29)30)20-18(28)13(5-6-16(25)26)21-8-14(22(31)32)17(27)15(9-21)23(33)34/h1-4,8-9,12-13,24H,5-7H2,(H,20,28)(H,25,26)(H,29,30)/t12-,13+/m0/s1. The minimum atomic E-state index is -1.63. The van der Waals surface area contributed by atoms with E-state index in [1.165, 1.54) is 24.3 Å². The predicted octanol–water partition coefficient (Wildman–Crippen LogP) is 0.588. The Morgan fingerprint density at radius 3 is 1.97 bits per heavy atom. The highest BCUT2D eigenvalue weighted by Crippen LogP contribution is 2.21. The first-order chi connectivity index (χ1) is 15.9. The quantitative estimate of drug-likeness (QED) is 0.258. The van der Waals surface area contributed by atoms with Gasteiger partial charge in [-0.1, -0.05) is 12.1 Å². The number of nitrogens with zero attached hydrogens (tertiary/aromatic N) is 3. The van der Waals surface area contributed by atoms with Gasteiger partial charge in [-0.3, -0.25) is 34.6 Å². The van der Waals surface area contributed by atoms with Crippen molar-refractivity contribution in [1.29, 1.82) is 0 Å². The highest BCUT2D eigenvalue weighted by molar-refractivity contribution is 5.86. The highest BCUT2D eigenvalue weighted by Gasteiger charge is 2.31. The lowest BCUT2D eigenvalue weighted by molar-refractivity contribution is -0.397. The van der Waals surface area contributed by atoms with Crippen LogP contribution in [-0.4, -0.2) is 53.6 Å². The lowest BCUT2D eigenvalue weighted by atomic mass is 10.0. The summed E-state index contributed by atoms with van der Waals surface area (Å²) in [5.74, 6) is -3.99. The lowest BCUT2D eigenvalue weighted by Crippen LogP contribution is -2.45. The van der Waals surface area contributed by atoms with Gasteiger partial charge in [0.2, 0.25) is 5.91 Å². The van der Waals surface area contributed by atoms with Crippen LogP contribution in [0.1, 0.15) is 24.4 Å². The van der Waals surface area contributed by atoms with E-state index in [0.29, 0.717) is 22.5 Å². The smallest absolute Gasteiger partial charge is 0.339 e. The molecule has 1 heterocycles. The van der Waals surface area contributed by atoms with Crippen molar-refractivity contribution in [1.82, 2.24) is 9.88 Å². The second-order valence-corrected chi connectivity index (χ2v) is 7.04. The number of phenolic OH excluding ortho intramolecular Hbond substituents is 1. The molecule has 0 saturated carbocycles. The maximum atomic E-state index is 12.9. The third-order valence-corrected chi connectivity index (χ3v) is 4.69. The Morgan fingerprint density at radius 2 is 1.53 bits per heavy atom. The van der Waals surface area contributed by atoms with E-state index >= 15 is 0 Å². The van der Waals surface area contributed by atoms with Gasteiger partial charge in [0.05, 0.1) is 22.2 Å². The molecule has 0 aliphatic heterocycles. The second kappa shape index (κ2) is 10.7. The molecule has 180 valence electrons. The minimum Gasteiger partial charge on any atom is -0.508 e. The van der Waals surface area contributed by atoms with Crippen molar-refractivity contribution in [3.63, 3.8) is 0 Å². The number of benzene rings is 1.